The number of aryl methyl sites for hydroxylation is 1. The maximum absolute atomic E-state index is 2.86. The van der Waals surface area contributed by atoms with Crippen LogP contribution in [-0.4, -0.2) is 16.6 Å². The van der Waals surface area contributed by atoms with Crippen LogP contribution in [0.25, 0.3) is 0 Å². The van der Waals surface area contributed by atoms with Crippen molar-refractivity contribution >= 4 is 5.69 Å². The molecule has 1 unspecified atom stereocenters. The van der Waals surface area contributed by atoms with Crippen LogP contribution >= 0.6 is 0 Å². The molecule has 2 saturated carbocycles. The van der Waals surface area contributed by atoms with Crippen molar-refractivity contribution in [2.45, 2.75) is 83.8 Å². The number of benzene rings is 1. The molecule has 1 atom stereocenters. The van der Waals surface area contributed by atoms with E-state index in [0.29, 0.717) is 6.17 Å². The van der Waals surface area contributed by atoms with Crippen molar-refractivity contribution in [1.82, 2.24) is 4.90 Å². The maximum atomic E-state index is 2.86. The summed E-state index contributed by atoms with van der Waals surface area (Å²) in [5, 5.41) is 0. The van der Waals surface area contributed by atoms with E-state index in [9.17, 15) is 0 Å². The zero-order chi connectivity index (χ0) is 18.6. The van der Waals surface area contributed by atoms with E-state index in [4.69, 9.17) is 0 Å². The number of para-hydroxylation sites is 1. The summed E-state index contributed by atoms with van der Waals surface area (Å²) in [5.41, 5.74) is 5.95. The predicted molar refractivity (Wildman–Crippen MR) is 113 cm³/mol. The standard InChI is InChI=1S/C25H34N2/c1-18-10-4-9-15-23(18)26-19(2)24-16-17-25(27(24)20(26)3,21-11-5-6-12-21)22-13-7-8-14-22/h4,9-10,15-17,20-22H,5-8,11-14H2,1-3H3. The zero-order valence-electron chi connectivity index (χ0n) is 17.2. The lowest BCUT2D eigenvalue weighted by atomic mass is 9.71. The maximum Gasteiger partial charge on any atom is 0.104 e. The molecule has 2 heteroatoms. The number of allylic oxidation sites excluding steroid dienone is 2. The van der Waals surface area contributed by atoms with Gasteiger partial charge in [-0.05, 0) is 76.0 Å². The van der Waals surface area contributed by atoms with E-state index in [0.717, 1.165) is 11.8 Å². The highest BCUT2D eigenvalue weighted by Gasteiger charge is 2.56. The molecule has 2 heterocycles. The van der Waals surface area contributed by atoms with E-state index < -0.39 is 0 Å². The van der Waals surface area contributed by atoms with Crippen LogP contribution in [0.1, 0.15) is 70.8 Å². The van der Waals surface area contributed by atoms with Crippen LogP contribution in [0.3, 0.4) is 0 Å². The van der Waals surface area contributed by atoms with Crippen LogP contribution in [0.15, 0.2) is 47.8 Å². The summed E-state index contributed by atoms with van der Waals surface area (Å²) < 4.78 is 0. The minimum absolute atomic E-state index is 0.264. The second-order valence-electron chi connectivity index (χ2n) is 9.31. The molecule has 1 aromatic carbocycles. The average molecular weight is 363 g/mol. The Morgan fingerprint density at radius 3 is 2.07 bits per heavy atom. The fourth-order valence-corrected chi connectivity index (χ4v) is 6.91. The molecule has 2 fully saturated rings. The van der Waals surface area contributed by atoms with Gasteiger partial charge in [0.05, 0.1) is 11.2 Å². The van der Waals surface area contributed by atoms with Gasteiger partial charge in [0.1, 0.15) is 6.17 Å². The first-order valence-corrected chi connectivity index (χ1v) is 11.2. The second-order valence-corrected chi connectivity index (χ2v) is 9.31. The van der Waals surface area contributed by atoms with Crippen molar-refractivity contribution in [1.29, 1.82) is 0 Å². The van der Waals surface area contributed by atoms with Gasteiger partial charge in [0.2, 0.25) is 0 Å². The molecule has 4 aliphatic rings. The Morgan fingerprint density at radius 1 is 0.889 bits per heavy atom. The smallest absolute Gasteiger partial charge is 0.104 e. The van der Waals surface area contributed by atoms with Crippen LogP contribution in [0.2, 0.25) is 0 Å². The first kappa shape index (κ1) is 17.4. The summed E-state index contributed by atoms with van der Waals surface area (Å²) in [6.45, 7) is 7.02. The largest absolute Gasteiger partial charge is 0.340 e. The van der Waals surface area contributed by atoms with Gasteiger partial charge in [0, 0.05) is 11.4 Å². The van der Waals surface area contributed by atoms with Gasteiger partial charge >= 0.3 is 0 Å². The monoisotopic (exact) mass is 362 g/mol. The molecule has 0 radical (unpaired) electrons. The van der Waals surface area contributed by atoms with Crippen molar-refractivity contribution in [3.63, 3.8) is 0 Å². The van der Waals surface area contributed by atoms with Crippen LogP contribution in [0, 0.1) is 18.8 Å². The minimum Gasteiger partial charge on any atom is -0.340 e. The van der Waals surface area contributed by atoms with Gasteiger partial charge in [-0.25, -0.2) is 0 Å². The number of fused-ring (bicyclic) bond motifs is 1. The Morgan fingerprint density at radius 2 is 1.48 bits per heavy atom. The molecule has 2 aliphatic heterocycles. The first-order chi connectivity index (χ1) is 13.1. The van der Waals surface area contributed by atoms with Gasteiger partial charge in [0.15, 0.2) is 0 Å². The lowest BCUT2D eigenvalue weighted by Gasteiger charge is -2.50. The van der Waals surface area contributed by atoms with Gasteiger partial charge in [-0.1, -0.05) is 50.0 Å². The van der Waals surface area contributed by atoms with E-state index in [1.165, 1.54) is 74.0 Å². The summed E-state index contributed by atoms with van der Waals surface area (Å²) in [5.74, 6) is 1.67. The lowest BCUT2D eigenvalue weighted by molar-refractivity contribution is 0.0471. The highest BCUT2D eigenvalue weighted by atomic mass is 15.5. The molecule has 0 saturated heterocycles. The summed E-state index contributed by atoms with van der Waals surface area (Å²) in [7, 11) is 0. The third-order valence-corrected chi connectivity index (χ3v) is 8.06. The molecule has 1 aromatic rings. The molecular weight excluding hydrogens is 328 g/mol. The molecule has 0 N–H and O–H groups in total. The van der Waals surface area contributed by atoms with Gasteiger partial charge in [0.25, 0.3) is 0 Å². The molecule has 5 rings (SSSR count). The minimum atomic E-state index is 0.264. The summed E-state index contributed by atoms with van der Waals surface area (Å²) in [4.78, 5) is 5.47. The molecule has 144 valence electrons. The van der Waals surface area contributed by atoms with Crippen molar-refractivity contribution < 1.29 is 0 Å². The van der Waals surface area contributed by atoms with Gasteiger partial charge in [-0.15, -0.1) is 0 Å². The fourth-order valence-electron chi connectivity index (χ4n) is 6.91. The van der Waals surface area contributed by atoms with E-state index in [1.807, 2.05) is 0 Å². The molecule has 0 bridgehead atoms. The van der Waals surface area contributed by atoms with Gasteiger partial charge < -0.3 is 9.80 Å². The number of hydrogen-bond donors (Lipinski definition) is 0. The van der Waals surface area contributed by atoms with Gasteiger partial charge in [-0.2, -0.15) is 0 Å². The number of hydrogen-bond acceptors (Lipinski definition) is 2. The van der Waals surface area contributed by atoms with E-state index in [-0.39, 0.29) is 5.54 Å². The third-order valence-electron chi connectivity index (χ3n) is 8.06. The molecular formula is C25H34N2. The summed E-state index contributed by atoms with van der Waals surface area (Å²) in [6, 6.07) is 8.90. The van der Waals surface area contributed by atoms with Crippen molar-refractivity contribution in [2.24, 2.45) is 11.8 Å². The van der Waals surface area contributed by atoms with E-state index in [1.54, 1.807) is 0 Å². The van der Waals surface area contributed by atoms with Crippen molar-refractivity contribution in [2.75, 3.05) is 4.90 Å². The SMILES string of the molecule is CC1=C2C=CC(C3CCCC3)(C3CCCC3)N2C(C)N1c1ccccc1C. The Balaban J connectivity index is 1.60. The van der Waals surface area contributed by atoms with Crippen LogP contribution in [0.4, 0.5) is 5.69 Å². The summed E-state index contributed by atoms with van der Waals surface area (Å²) >= 11 is 0. The Hall–Kier alpha value is -1.70. The predicted octanol–water partition coefficient (Wildman–Crippen LogP) is 6.38. The van der Waals surface area contributed by atoms with E-state index in [2.05, 4.69) is 67.0 Å². The average Bonchev–Trinajstić information content (AvgIpc) is 3.43. The third kappa shape index (κ3) is 2.38. The molecule has 2 aliphatic carbocycles. The second kappa shape index (κ2) is 6.43. The van der Waals surface area contributed by atoms with Crippen LogP contribution < -0.4 is 4.90 Å². The quantitative estimate of drug-likeness (QED) is 0.615. The van der Waals surface area contributed by atoms with Gasteiger partial charge in [-0.3, -0.25) is 0 Å². The zero-order valence-corrected chi connectivity index (χ0v) is 17.2. The number of nitrogens with zero attached hydrogens (tertiary/aromatic N) is 2. The molecule has 0 aromatic heterocycles. The summed E-state index contributed by atoms with van der Waals surface area (Å²) in [6.07, 6.45) is 16.9. The molecule has 0 spiro atoms. The Bertz CT molecular complexity index is 761. The van der Waals surface area contributed by atoms with Crippen LogP contribution in [0.5, 0.6) is 0 Å². The number of rotatable bonds is 3. The van der Waals surface area contributed by atoms with Crippen LogP contribution in [-0.2, 0) is 0 Å². The normalized spacial score (nSPS) is 28.0. The molecule has 0 amide bonds. The van der Waals surface area contributed by atoms with E-state index >= 15 is 0 Å². The topological polar surface area (TPSA) is 6.48 Å². The fraction of sp³-hybridized carbons (Fsp3) is 0.600. The highest BCUT2D eigenvalue weighted by molar-refractivity contribution is 5.63. The van der Waals surface area contributed by atoms with Crippen molar-refractivity contribution in [3.05, 3.63) is 53.4 Å². The Kier molecular flexibility index (Phi) is 4.14. The molecule has 2 nitrogen and oxygen atoms in total. The highest BCUT2D eigenvalue weighted by Crippen LogP contribution is 2.56. The number of anilines is 1. The van der Waals surface area contributed by atoms with Crippen molar-refractivity contribution in [3.8, 4) is 0 Å². The lowest BCUT2D eigenvalue weighted by Crippen LogP contribution is -2.57. The Labute approximate surface area is 164 Å². The molecule has 27 heavy (non-hydrogen) atoms. The first-order valence-electron chi connectivity index (χ1n) is 11.2.